The Hall–Kier alpha value is -2.50. The lowest BCUT2D eigenvalue weighted by Crippen LogP contribution is -2.43. The molecule has 32 heavy (non-hydrogen) atoms. The molecule has 0 saturated carbocycles. The normalized spacial score (nSPS) is 11.3. The second-order valence-corrected chi connectivity index (χ2v) is 7.02. The van der Waals surface area contributed by atoms with Gasteiger partial charge in [-0.1, -0.05) is 42.5 Å². The van der Waals surface area contributed by atoms with Gasteiger partial charge in [-0.15, -0.1) is 24.0 Å². The number of nitrogens with one attached hydrogen (secondary N) is 2. The van der Waals surface area contributed by atoms with E-state index in [2.05, 4.69) is 15.6 Å². The minimum atomic E-state index is -4.38. The molecular weight excluding hydrogens is 536 g/mol. The minimum absolute atomic E-state index is 0. The summed E-state index contributed by atoms with van der Waals surface area (Å²) in [5.74, 6) is 0.522. The highest BCUT2D eigenvalue weighted by Gasteiger charge is 2.28. The largest absolute Gasteiger partial charge is 0.484 e. The number of ether oxygens (including phenoxy) is 1. The van der Waals surface area contributed by atoms with E-state index in [4.69, 9.17) is 4.74 Å². The molecule has 0 unspecified atom stereocenters. The first-order valence-electron chi connectivity index (χ1n) is 9.78. The molecule has 0 fully saturated rings. The quantitative estimate of drug-likeness (QED) is 0.278. The molecule has 0 bridgehead atoms. The molecule has 0 spiro atoms. The van der Waals surface area contributed by atoms with Gasteiger partial charge in [-0.2, -0.15) is 13.2 Å². The maximum Gasteiger partial charge on any atom is 0.422 e. The van der Waals surface area contributed by atoms with Crippen LogP contribution in [0.25, 0.3) is 0 Å². The molecule has 0 atom stereocenters. The van der Waals surface area contributed by atoms with Gasteiger partial charge in [-0.25, -0.2) is 4.99 Å². The summed E-state index contributed by atoms with van der Waals surface area (Å²) in [4.78, 5) is 17.8. The van der Waals surface area contributed by atoms with E-state index < -0.39 is 12.8 Å². The fourth-order valence-corrected chi connectivity index (χ4v) is 2.49. The number of amides is 1. The molecule has 0 heterocycles. The fourth-order valence-electron chi connectivity index (χ4n) is 2.49. The second kappa shape index (κ2) is 13.8. The summed E-state index contributed by atoms with van der Waals surface area (Å²) >= 11 is 0. The van der Waals surface area contributed by atoms with Gasteiger partial charge in [0, 0.05) is 20.6 Å². The van der Waals surface area contributed by atoms with Crippen LogP contribution in [0.4, 0.5) is 13.2 Å². The molecule has 2 rings (SSSR count). The van der Waals surface area contributed by atoms with E-state index in [0.29, 0.717) is 12.5 Å². The maximum absolute atomic E-state index is 12.2. The molecule has 2 N–H and O–H groups in total. The number of rotatable bonds is 9. The molecule has 2 aromatic rings. The number of carbonyl (C=O) groups is 1. The van der Waals surface area contributed by atoms with E-state index in [-0.39, 0.29) is 48.7 Å². The van der Waals surface area contributed by atoms with Crippen LogP contribution in [0.3, 0.4) is 0 Å². The summed E-state index contributed by atoms with van der Waals surface area (Å²) in [6, 6.07) is 16.2. The average molecular weight is 564 g/mol. The van der Waals surface area contributed by atoms with Crippen molar-refractivity contribution in [1.29, 1.82) is 0 Å². The number of carbonyl (C=O) groups excluding carboxylic acids is 1. The summed E-state index contributed by atoms with van der Waals surface area (Å²) in [5, 5.41) is 6.20. The SMILES string of the molecule is CN(C)C(=O)CNC(=NCc1ccc(OCC(F)(F)F)cc1)NCCc1ccccc1.I. The van der Waals surface area contributed by atoms with Gasteiger partial charge >= 0.3 is 6.18 Å². The Morgan fingerprint density at radius 3 is 2.25 bits per heavy atom. The van der Waals surface area contributed by atoms with Gasteiger partial charge in [0.05, 0.1) is 13.1 Å². The number of benzene rings is 2. The zero-order valence-corrected chi connectivity index (χ0v) is 20.3. The predicted octanol–water partition coefficient (Wildman–Crippen LogP) is 3.61. The topological polar surface area (TPSA) is 66.0 Å². The van der Waals surface area contributed by atoms with Gasteiger partial charge in [0.15, 0.2) is 12.6 Å². The van der Waals surface area contributed by atoms with E-state index in [1.54, 1.807) is 26.2 Å². The minimum Gasteiger partial charge on any atom is -0.484 e. The number of halogens is 4. The molecule has 0 radical (unpaired) electrons. The molecule has 0 aliphatic rings. The number of hydrogen-bond donors (Lipinski definition) is 2. The third kappa shape index (κ3) is 11.2. The molecule has 0 aromatic heterocycles. The molecule has 0 aliphatic heterocycles. The zero-order chi connectivity index (χ0) is 22.7. The van der Waals surface area contributed by atoms with E-state index in [1.807, 2.05) is 30.3 Å². The van der Waals surface area contributed by atoms with E-state index in [0.717, 1.165) is 12.0 Å². The Morgan fingerprint density at radius 2 is 1.66 bits per heavy atom. The van der Waals surface area contributed by atoms with Crippen molar-refractivity contribution in [3.63, 3.8) is 0 Å². The highest BCUT2D eigenvalue weighted by atomic mass is 127. The van der Waals surface area contributed by atoms with Crippen LogP contribution in [-0.2, 0) is 17.8 Å². The molecule has 6 nitrogen and oxygen atoms in total. The lowest BCUT2D eigenvalue weighted by molar-refractivity contribution is -0.153. The Bertz CT molecular complexity index is 845. The smallest absolute Gasteiger partial charge is 0.422 e. The van der Waals surface area contributed by atoms with Crippen molar-refractivity contribution in [3.8, 4) is 5.75 Å². The Morgan fingerprint density at radius 1 is 1.00 bits per heavy atom. The predicted molar refractivity (Wildman–Crippen MR) is 129 cm³/mol. The standard InChI is InChI=1S/C22H27F3N4O2.HI/c1-29(2)20(30)15-28-21(26-13-12-17-6-4-3-5-7-17)27-14-18-8-10-19(11-9-18)31-16-22(23,24)25;/h3-11H,12-16H2,1-2H3,(H2,26,27,28);1H. The first-order chi connectivity index (χ1) is 14.7. The maximum atomic E-state index is 12.2. The van der Waals surface area contributed by atoms with Gasteiger partial charge in [0.1, 0.15) is 5.75 Å². The van der Waals surface area contributed by atoms with Crippen molar-refractivity contribution < 1.29 is 22.7 Å². The molecule has 1 amide bonds. The average Bonchev–Trinajstić information content (AvgIpc) is 2.74. The molecule has 10 heteroatoms. The number of nitrogens with zero attached hydrogens (tertiary/aromatic N) is 2. The van der Waals surface area contributed by atoms with Gasteiger partial charge in [0.2, 0.25) is 5.91 Å². The van der Waals surface area contributed by atoms with Crippen LogP contribution in [0.2, 0.25) is 0 Å². The summed E-state index contributed by atoms with van der Waals surface area (Å²) in [6.07, 6.45) is -3.59. The van der Waals surface area contributed by atoms with Crippen molar-refractivity contribution in [2.75, 3.05) is 33.8 Å². The van der Waals surface area contributed by atoms with E-state index in [1.165, 1.54) is 22.6 Å². The molecule has 0 aliphatic carbocycles. The van der Waals surface area contributed by atoms with Crippen molar-refractivity contribution >= 4 is 35.8 Å². The van der Waals surface area contributed by atoms with Crippen LogP contribution in [0, 0.1) is 0 Å². The van der Waals surface area contributed by atoms with Crippen molar-refractivity contribution in [2.24, 2.45) is 4.99 Å². The van der Waals surface area contributed by atoms with Crippen molar-refractivity contribution in [2.45, 2.75) is 19.1 Å². The number of hydrogen-bond acceptors (Lipinski definition) is 3. The first kappa shape index (κ1) is 27.5. The Balaban J connectivity index is 0.00000512. The number of likely N-dealkylation sites (N-methyl/N-ethyl adjacent to an activating group) is 1. The number of alkyl halides is 3. The lowest BCUT2D eigenvalue weighted by atomic mass is 10.1. The Labute approximate surface area is 203 Å². The lowest BCUT2D eigenvalue weighted by Gasteiger charge is -2.15. The fraction of sp³-hybridized carbons (Fsp3) is 0.364. The van der Waals surface area contributed by atoms with Gasteiger partial charge in [0.25, 0.3) is 0 Å². The van der Waals surface area contributed by atoms with Gasteiger partial charge < -0.3 is 20.3 Å². The number of guanidine groups is 1. The van der Waals surface area contributed by atoms with Crippen molar-refractivity contribution in [1.82, 2.24) is 15.5 Å². The Kier molecular flexibility index (Phi) is 11.9. The molecular formula is C22H28F3IN4O2. The van der Waals surface area contributed by atoms with E-state index in [9.17, 15) is 18.0 Å². The first-order valence-corrected chi connectivity index (χ1v) is 9.78. The third-order valence-electron chi connectivity index (χ3n) is 4.20. The summed E-state index contributed by atoms with van der Waals surface area (Å²) < 4.78 is 41.4. The monoisotopic (exact) mass is 564 g/mol. The van der Waals surface area contributed by atoms with Gasteiger partial charge in [-0.3, -0.25) is 4.79 Å². The van der Waals surface area contributed by atoms with Crippen LogP contribution in [0.5, 0.6) is 5.75 Å². The highest BCUT2D eigenvalue weighted by molar-refractivity contribution is 14.0. The molecule has 0 saturated heterocycles. The van der Waals surface area contributed by atoms with E-state index >= 15 is 0 Å². The summed E-state index contributed by atoms with van der Waals surface area (Å²) in [7, 11) is 3.35. The van der Waals surface area contributed by atoms with Crippen LogP contribution in [0.1, 0.15) is 11.1 Å². The van der Waals surface area contributed by atoms with Crippen molar-refractivity contribution in [3.05, 3.63) is 65.7 Å². The van der Waals surface area contributed by atoms with Crippen LogP contribution in [-0.4, -0.2) is 56.7 Å². The summed E-state index contributed by atoms with van der Waals surface area (Å²) in [6.45, 7) is -0.329. The van der Waals surface area contributed by atoms with Crippen LogP contribution >= 0.6 is 24.0 Å². The van der Waals surface area contributed by atoms with Crippen LogP contribution in [0.15, 0.2) is 59.6 Å². The number of aliphatic imine (C=N–C) groups is 1. The second-order valence-electron chi connectivity index (χ2n) is 7.02. The zero-order valence-electron chi connectivity index (χ0n) is 18.0. The molecule has 2 aromatic carbocycles. The van der Waals surface area contributed by atoms with Gasteiger partial charge in [-0.05, 0) is 29.7 Å². The molecule has 176 valence electrons. The van der Waals surface area contributed by atoms with Crippen LogP contribution < -0.4 is 15.4 Å². The highest BCUT2D eigenvalue weighted by Crippen LogP contribution is 2.19. The summed E-state index contributed by atoms with van der Waals surface area (Å²) in [5.41, 5.74) is 1.97. The third-order valence-corrected chi connectivity index (χ3v) is 4.20.